The van der Waals surface area contributed by atoms with Crippen molar-refractivity contribution in [1.29, 1.82) is 0 Å². The van der Waals surface area contributed by atoms with Crippen molar-refractivity contribution in [3.05, 3.63) is 52.2 Å². The largest absolute Gasteiger partial charge is 0.484 e. The molecule has 3 rings (SSSR count). The number of thiophene rings is 1. The third kappa shape index (κ3) is 5.30. The van der Waals surface area contributed by atoms with Gasteiger partial charge in [0.25, 0.3) is 5.91 Å². The van der Waals surface area contributed by atoms with Crippen LogP contribution in [0.2, 0.25) is 0 Å². The molecule has 0 spiro atoms. The van der Waals surface area contributed by atoms with Gasteiger partial charge in [0.05, 0.1) is 19.3 Å². The first-order chi connectivity index (χ1) is 12.8. The number of carbonyl (C=O) groups is 1. The van der Waals surface area contributed by atoms with Crippen LogP contribution in [0.25, 0.3) is 0 Å². The molecule has 1 atom stereocenters. The summed E-state index contributed by atoms with van der Waals surface area (Å²) in [6, 6.07) is 12.2. The summed E-state index contributed by atoms with van der Waals surface area (Å²) < 4.78 is 11.0. The molecule has 1 saturated heterocycles. The quantitative estimate of drug-likeness (QED) is 0.772. The first-order valence-electron chi connectivity index (χ1n) is 9.10. The van der Waals surface area contributed by atoms with Gasteiger partial charge in [-0.15, -0.1) is 11.3 Å². The van der Waals surface area contributed by atoms with Crippen molar-refractivity contribution < 1.29 is 14.3 Å². The van der Waals surface area contributed by atoms with E-state index in [0.717, 1.165) is 38.5 Å². The zero-order chi connectivity index (χ0) is 18.2. The summed E-state index contributed by atoms with van der Waals surface area (Å²) in [6.45, 7) is 5.99. The molecule has 26 heavy (non-hydrogen) atoms. The molecule has 0 bridgehead atoms. The van der Waals surface area contributed by atoms with Gasteiger partial charge in [-0.05, 0) is 35.6 Å². The maximum Gasteiger partial charge on any atom is 0.258 e. The van der Waals surface area contributed by atoms with Crippen molar-refractivity contribution in [3.63, 3.8) is 0 Å². The van der Waals surface area contributed by atoms with E-state index < -0.39 is 0 Å². The summed E-state index contributed by atoms with van der Waals surface area (Å²) in [4.78, 5) is 15.9. The molecular formula is C20H26N2O3S. The van der Waals surface area contributed by atoms with E-state index in [2.05, 4.69) is 34.7 Å². The number of hydrogen-bond donors (Lipinski definition) is 1. The number of ether oxygens (including phenoxy) is 2. The molecule has 140 valence electrons. The minimum Gasteiger partial charge on any atom is -0.484 e. The van der Waals surface area contributed by atoms with E-state index in [4.69, 9.17) is 9.47 Å². The summed E-state index contributed by atoms with van der Waals surface area (Å²) in [5.74, 6) is 0.625. The summed E-state index contributed by atoms with van der Waals surface area (Å²) in [6.07, 6.45) is 0.992. The second kappa shape index (κ2) is 9.71. The van der Waals surface area contributed by atoms with Crippen molar-refractivity contribution in [2.24, 2.45) is 0 Å². The number of hydrogen-bond acceptors (Lipinski definition) is 5. The Balaban J connectivity index is 1.50. The summed E-state index contributed by atoms with van der Waals surface area (Å²) >= 11 is 1.72. The molecule has 1 aliphatic heterocycles. The van der Waals surface area contributed by atoms with Crippen LogP contribution in [0.1, 0.15) is 23.4 Å². The summed E-state index contributed by atoms with van der Waals surface area (Å²) in [5, 5.41) is 5.10. The topological polar surface area (TPSA) is 50.8 Å². The van der Waals surface area contributed by atoms with Crippen LogP contribution in [-0.4, -0.2) is 50.3 Å². The zero-order valence-corrected chi connectivity index (χ0v) is 16.0. The maximum absolute atomic E-state index is 12.2. The Morgan fingerprint density at radius 1 is 1.27 bits per heavy atom. The number of aryl methyl sites for hydroxylation is 1. The standard InChI is InChI=1S/C20H26N2O3S/c1-2-16-5-7-17(8-6-16)25-15-20(23)21-14-18(19-4-3-13-26-19)22-9-11-24-12-10-22/h3-8,13,18H,2,9-12,14-15H2,1H3,(H,21,23). The number of morpholine rings is 1. The molecule has 2 heterocycles. The number of carbonyl (C=O) groups excluding carboxylic acids is 1. The van der Waals surface area contributed by atoms with Gasteiger partial charge in [-0.1, -0.05) is 25.1 Å². The highest BCUT2D eigenvalue weighted by Crippen LogP contribution is 2.25. The van der Waals surface area contributed by atoms with Crippen LogP contribution in [0, 0.1) is 0 Å². The van der Waals surface area contributed by atoms with Crippen molar-refractivity contribution >= 4 is 17.2 Å². The van der Waals surface area contributed by atoms with Crippen molar-refractivity contribution in [1.82, 2.24) is 10.2 Å². The van der Waals surface area contributed by atoms with Gasteiger partial charge < -0.3 is 14.8 Å². The second-order valence-electron chi connectivity index (χ2n) is 6.27. The molecule has 1 N–H and O–H groups in total. The lowest BCUT2D eigenvalue weighted by atomic mass is 10.2. The predicted octanol–water partition coefficient (Wildman–Crippen LogP) is 2.88. The minimum absolute atomic E-state index is 0.0335. The summed E-state index contributed by atoms with van der Waals surface area (Å²) in [7, 11) is 0. The molecule has 1 aliphatic rings. The van der Waals surface area contributed by atoms with Crippen LogP contribution in [-0.2, 0) is 16.0 Å². The molecule has 2 aromatic rings. The Morgan fingerprint density at radius 2 is 2.04 bits per heavy atom. The van der Waals surface area contributed by atoms with Crippen molar-refractivity contribution in [2.75, 3.05) is 39.5 Å². The van der Waals surface area contributed by atoms with Crippen LogP contribution in [0.4, 0.5) is 0 Å². The number of rotatable bonds is 8. The lowest BCUT2D eigenvalue weighted by Crippen LogP contribution is -2.44. The monoisotopic (exact) mass is 374 g/mol. The number of nitrogens with one attached hydrogen (secondary N) is 1. The molecule has 0 radical (unpaired) electrons. The Kier molecular flexibility index (Phi) is 7.05. The first-order valence-corrected chi connectivity index (χ1v) is 9.98. The Morgan fingerprint density at radius 3 is 2.69 bits per heavy atom. The highest BCUT2D eigenvalue weighted by molar-refractivity contribution is 7.10. The molecule has 6 heteroatoms. The van der Waals surface area contributed by atoms with E-state index >= 15 is 0 Å². The van der Waals surface area contributed by atoms with E-state index in [9.17, 15) is 4.79 Å². The van der Waals surface area contributed by atoms with Crippen LogP contribution in [0.3, 0.4) is 0 Å². The smallest absolute Gasteiger partial charge is 0.258 e. The van der Waals surface area contributed by atoms with E-state index in [1.54, 1.807) is 11.3 Å². The zero-order valence-electron chi connectivity index (χ0n) is 15.1. The van der Waals surface area contributed by atoms with Crippen LogP contribution < -0.4 is 10.1 Å². The maximum atomic E-state index is 12.2. The third-order valence-electron chi connectivity index (χ3n) is 4.55. The van der Waals surface area contributed by atoms with Gasteiger partial charge in [0.2, 0.25) is 0 Å². The van der Waals surface area contributed by atoms with Crippen LogP contribution >= 0.6 is 11.3 Å². The fraction of sp³-hybridized carbons (Fsp3) is 0.450. The normalized spacial score (nSPS) is 16.2. The first kappa shape index (κ1) is 18.9. The van der Waals surface area contributed by atoms with Crippen LogP contribution in [0.15, 0.2) is 41.8 Å². The van der Waals surface area contributed by atoms with Gasteiger partial charge >= 0.3 is 0 Å². The highest BCUT2D eigenvalue weighted by atomic mass is 32.1. The SMILES string of the molecule is CCc1ccc(OCC(=O)NCC(c2cccs2)N2CCOCC2)cc1. The van der Waals surface area contributed by atoms with Gasteiger partial charge in [0.15, 0.2) is 6.61 Å². The number of benzene rings is 1. The molecule has 1 unspecified atom stereocenters. The summed E-state index contributed by atoms with van der Waals surface area (Å²) in [5.41, 5.74) is 1.26. The Bertz CT molecular complexity index is 667. The highest BCUT2D eigenvalue weighted by Gasteiger charge is 2.23. The van der Waals surface area contributed by atoms with Gasteiger partial charge in [0, 0.05) is 24.5 Å². The van der Waals surface area contributed by atoms with E-state index in [-0.39, 0.29) is 18.6 Å². The van der Waals surface area contributed by atoms with E-state index in [0.29, 0.717) is 6.54 Å². The molecule has 0 aliphatic carbocycles. The predicted molar refractivity (Wildman–Crippen MR) is 104 cm³/mol. The van der Waals surface area contributed by atoms with Gasteiger partial charge in [-0.25, -0.2) is 0 Å². The Labute approximate surface area is 158 Å². The average molecular weight is 375 g/mol. The second-order valence-corrected chi connectivity index (χ2v) is 7.25. The molecule has 1 aromatic carbocycles. The molecule has 5 nitrogen and oxygen atoms in total. The molecular weight excluding hydrogens is 348 g/mol. The van der Waals surface area contributed by atoms with Gasteiger partial charge in [0.1, 0.15) is 5.75 Å². The lowest BCUT2D eigenvalue weighted by molar-refractivity contribution is -0.123. The Hall–Kier alpha value is -1.89. The van der Waals surface area contributed by atoms with Crippen molar-refractivity contribution in [3.8, 4) is 5.75 Å². The van der Waals surface area contributed by atoms with Crippen LogP contribution in [0.5, 0.6) is 5.75 Å². The van der Waals surface area contributed by atoms with Gasteiger partial charge in [-0.3, -0.25) is 9.69 Å². The molecule has 1 amide bonds. The number of nitrogens with zero attached hydrogens (tertiary/aromatic N) is 1. The average Bonchev–Trinajstić information content (AvgIpc) is 3.22. The van der Waals surface area contributed by atoms with E-state index in [1.807, 2.05) is 24.3 Å². The lowest BCUT2D eigenvalue weighted by Gasteiger charge is -2.34. The molecule has 0 saturated carbocycles. The fourth-order valence-corrected chi connectivity index (χ4v) is 3.87. The fourth-order valence-electron chi connectivity index (χ4n) is 3.01. The third-order valence-corrected chi connectivity index (χ3v) is 5.53. The van der Waals surface area contributed by atoms with Gasteiger partial charge in [-0.2, -0.15) is 0 Å². The van der Waals surface area contributed by atoms with E-state index in [1.165, 1.54) is 10.4 Å². The molecule has 1 aromatic heterocycles. The number of amides is 1. The molecule has 1 fully saturated rings. The minimum atomic E-state index is -0.0978. The van der Waals surface area contributed by atoms with Crippen molar-refractivity contribution in [2.45, 2.75) is 19.4 Å².